The quantitative estimate of drug-likeness (QED) is 0.714. The fraction of sp³-hybridized carbons (Fsp3) is 0.0667. The van der Waals surface area contributed by atoms with Crippen LogP contribution in [-0.4, -0.2) is 0 Å². The number of hydrogen-bond acceptors (Lipinski definition) is 1. The number of rotatable bonds is 1. The third-order valence-electron chi connectivity index (χ3n) is 2.80. The third kappa shape index (κ3) is 1.94. The lowest BCUT2D eigenvalue weighted by Gasteiger charge is -2.21. The molecular formula is C15H11FO. The van der Waals surface area contributed by atoms with Gasteiger partial charge in [0.25, 0.3) is 0 Å². The van der Waals surface area contributed by atoms with Gasteiger partial charge in [-0.3, -0.25) is 0 Å². The van der Waals surface area contributed by atoms with Crippen LogP contribution in [0.5, 0.6) is 5.75 Å². The van der Waals surface area contributed by atoms with E-state index in [4.69, 9.17) is 4.74 Å². The van der Waals surface area contributed by atoms with E-state index in [9.17, 15) is 4.39 Å². The molecule has 2 aromatic rings. The molecule has 0 saturated carbocycles. The molecule has 1 atom stereocenters. The van der Waals surface area contributed by atoms with Crippen molar-refractivity contribution in [2.45, 2.75) is 6.10 Å². The van der Waals surface area contributed by atoms with Crippen molar-refractivity contribution in [2.75, 3.05) is 0 Å². The summed E-state index contributed by atoms with van der Waals surface area (Å²) >= 11 is 0. The molecular weight excluding hydrogens is 215 g/mol. The highest BCUT2D eigenvalue weighted by atomic mass is 19.1. The van der Waals surface area contributed by atoms with Crippen LogP contribution in [0, 0.1) is 5.82 Å². The smallest absolute Gasteiger partial charge is 0.142 e. The average molecular weight is 226 g/mol. The molecule has 0 radical (unpaired) electrons. The minimum atomic E-state index is -0.241. The average Bonchev–Trinajstić information content (AvgIpc) is 2.39. The van der Waals surface area contributed by atoms with Crippen molar-refractivity contribution in [3.05, 3.63) is 71.6 Å². The molecule has 1 aliphatic rings. The highest BCUT2D eigenvalue weighted by Crippen LogP contribution is 2.32. The molecule has 17 heavy (non-hydrogen) atoms. The van der Waals surface area contributed by atoms with Crippen LogP contribution >= 0.6 is 0 Å². The maximum absolute atomic E-state index is 13.0. The Hall–Kier alpha value is -2.09. The molecule has 2 heteroatoms. The highest BCUT2D eigenvalue weighted by molar-refractivity contribution is 5.60. The zero-order valence-corrected chi connectivity index (χ0v) is 9.14. The molecule has 84 valence electrons. The van der Waals surface area contributed by atoms with Gasteiger partial charge in [-0.05, 0) is 29.8 Å². The molecule has 0 amide bonds. The summed E-state index contributed by atoms with van der Waals surface area (Å²) in [5, 5.41) is 0. The predicted molar refractivity (Wildman–Crippen MR) is 65.2 cm³/mol. The predicted octanol–water partition coefficient (Wildman–Crippen LogP) is 3.97. The van der Waals surface area contributed by atoms with Gasteiger partial charge >= 0.3 is 0 Å². The fourth-order valence-electron chi connectivity index (χ4n) is 1.95. The van der Waals surface area contributed by atoms with E-state index < -0.39 is 0 Å². The van der Waals surface area contributed by atoms with Crippen molar-refractivity contribution in [3.8, 4) is 5.75 Å². The number of hydrogen-bond donors (Lipinski definition) is 0. The van der Waals surface area contributed by atoms with Crippen LogP contribution in [0.25, 0.3) is 6.08 Å². The zero-order chi connectivity index (χ0) is 11.7. The van der Waals surface area contributed by atoms with Crippen LogP contribution < -0.4 is 4.74 Å². The first kappa shape index (κ1) is 10.1. The van der Waals surface area contributed by atoms with E-state index in [1.54, 1.807) is 6.07 Å². The lowest BCUT2D eigenvalue weighted by Crippen LogP contribution is -2.08. The summed E-state index contributed by atoms with van der Waals surface area (Å²) in [5.74, 6) is 0.484. The molecule has 0 saturated heterocycles. The maximum atomic E-state index is 13.0. The summed E-state index contributed by atoms with van der Waals surface area (Å²) in [6.07, 6.45) is 3.76. The summed E-state index contributed by atoms with van der Waals surface area (Å²) in [4.78, 5) is 0. The number of halogens is 1. The molecule has 3 rings (SSSR count). The van der Waals surface area contributed by atoms with Crippen LogP contribution in [0.1, 0.15) is 17.2 Å². The zero-order valence-electron chi connectivity index (χ0n) is 9.14. The second kappa shape index (κ2) is 4.06. The molecule has 2 aromatic carbocycles. The van der Waals surface area contributed by atoms with Crippen molar-refractivity contribution < 1.29 is 9.13 Å². The van der Waals surface area contributed by atoms with Crippen LogP contribution in [0.4, 0.5) is 4.39 Å². The van der Waals surface area contributed by atoms with Crippen molar-refractivity contribution in [2.24, 2.45) is 0 Å². The molecule has 0 aromatic heterocycles. The lowest BCUT2D eigenvalue weighted by atomic mass is 10.0. The van der Waals surface area contributed by atoms with E-state index in [0.29, 0.717) is 0 Å². The number of ether oxygens (including phenoxy) is 1. The second-order valence-corrected chi connectivity index (χ2v) is 3.99. The SMILES string of the molecule is Fc1ccc2c(c1)C=CC(c1ccccc1)O2. The van der Waals surface area contributed by atoms with Gasteiger partial charge in [-0.1, -0.05) is 36.4 Å². The van der Waals surface area contributed by atoms with Crippen LogP contribution in [0.2, 0.25) is 0 Å². The van der Waals surface area contributed by atoms with Crippen LogP contribution in [-0.2, 0) is 0 Å². The van der Waals surface area contributed by atoms with E-state index in [1.165, 1.54) is 12.1 Å². The topological polar surface area (TPSA) is 9.23 Å². The summed E-state index contributed by atoms with van der Waals surface area (Å²) in [6, 6.07) is 14.5. The fourth-order valence-corrected chi connectivity index (χ4v) is 1.95. The molecule has 0 fully saturated rings. The Morgan fingerprint density at radius 2 is 1.82 bits per heavy atom. The van der Waals surface area contributed by atoms with Gasteiger partial charge in [0.15, 0.2) is 0 Å². The molecule has 0 aliphatic carbocycles. The Kier molecular flexibility index (Phi) is 2.41. The van der Waals surface area contributed by atoms with E-state index in [0.717, 1.165) is 16.9 Å². The Morgan fingerprint density at radius 1 is 1.00 bits per heavy atom. The van der Waals surface area contributed by atoms with Gasteiger partial charge in [0.05, 0.1) is 0 Å². The van der Waals surface area contributed by atoms with Gasteiger partial charge in [-0.25, -0.2) is 4.39 Å². The standard InChI is InChI=1S/C15H11FO/c16-13-7-9-15-12(10-13)6-8-14(17-15)11-4-2-1-3-5-11/h1-10,14H. The summed E-state index contributed by atoms with van der Waals surface area (Å²) in [7, 11) is 0. The van der Waals surface area contributed by atoms with Crippen molar-refractivity contribution >= 4 is 6.08 Å². The molecule has 1 aliphatic heterocycles. The number of benzene rings is 2. The first-order chi connectivity index (χ1) is 8.33. The van der Waals surface area contributed by atoms with Gasteiger partial charge < -0.3 is 4.74 Å². The van der Waals surface area contributed by atoms with Gasteiger partial charge in [0.1, 0.15) is 17.7 Å². The maximum Gasteiger partial charge on any atom is 0.142 e. The van der Waals surface area contributed by atoms with Gasteiger partial charge in [-0.2, -0.15) is 0 Å². The second-order valence-electron chi connectivity index (χ2n) is 3.99. The normalized spacial score (nSPS) is 17.4. The first-order valence-corrected chi connectivity index (χ1v) is 5.52. The van der Waals surface area contributed by atoms with Gasteiger partial charge in [-0.15, -0.1) is 0 Å². The summed E-state index contributed by atoms with van der Waals surface area (Å²) < 4.78 is 18.8. The summed E-state index contributed by atoms with van der Waals surface area (Å²) in [6.45, 7) is 0. The van der Waals surface area contributed by atoms with Crippen molar-refractivity contribution in [1.29, 1.82) is 0 Å². The van der Waals surface area contributed by atoms with Gasteiger partial charge in [0.2, 0.25) is 0 Å². The number of fused-ring (bicyclic) bond motifs is 1. The molecule has 0 N–H and O–H groups in total. The van der Waals surface area contributed by atoms with Gasteiger partial charge in [0, 0.05) is 5.56 Å². The third-order valence-corrected chi connectivity index (χ3v) is 2.80. The minimum Gasteiger partial charge on any atom is -0.481 e. The molecule has 1 heterocycles. The largest absolute Gasteiger partial charge is 0.481 e. The van der Waals surface area contributed by atoms with Crippen LogP contribution in [0.3, 0.4) is 0 Å². The molecule has 0 spiro atoms. The van der Waals surface area contributed by atoms with Crippen molar-refractivity contribution in [1.82, 2.24) is 0 Å². The highest BCUT2D eigenvalue weighted by Gasteiger charge is 2.16. The Morgan fingerprint density at radius 3 is 2.65 bits per heavy atom. The molecule has 1 unspecified atom stereocenters. The first-order valence-electron chi connectivity index (χ1n) is 5.52. The minimum absolute atomic E-state index is 0.0887. The lowest BCUT2D eigenvalue weighted by molar-refractivity contribution is 0.251. The van der Waals surface area contributed by atoms with E-state index in [-0.39, 0.29) is 11.9 Å². The van der Waals surface area contributed by atoms with Crippen LogP contribution in [0.15, 0.2) is 54.6 Å². The monoisotopic (exact) mass is 226 g/mol. The molecule has 0 bridgehead atoms. The van der Waals surface area contributed by atoms with E-state index in [1.807, 2.05) is 42.5 Å². The Bertz CT molecular complexity index is 560. The Balaban J connectivity index is 1.94. The van der Waals surface area contributed by atoms with E-state index >= 15 is 0 Å². The van der Waals surface area contributed by atoms with Crippen molar-refractivity contribution in [3.63, 3.8) is 0 Å². The Labute approximate surface area is 99.2 Å². The van der Waals surface area contributed by atoms with E-state index in [2.05, 4.69) is 0 Å². The molecule has 1 nitrogen and oxygen atoms in total. The summed E-state index contributed by atoms with van der Waals surface area (Å²) in [5.41, 5.74) is 1.89.